The van der Waals surface area contributed by atoms with Gasteiger partial charge >= 0.3 is 0 Å². The van der Waals surface area contributed by atoms with E-state index in [0.717, 1.165) is 34.1 Å². The number of hydrogen-bond acceptors (Lipinski definition) is 2. The fraction of sp³-hybridized carbons (Fsp3) is 0.0492. The molecule has 0 spiro atoms. The van der Waals surface area contributed by atoms with E-state index in [1.165, 1.54) is 66.4 Å². The number of fused-ring (bicyclic) bond motifs is 5. The Labute approximate surface area is 370 Å². The molecule has 63 heavy (non-hydrogen) atoms. The van der Waals surface area contributed by atoms with Crippen LogP contribution in [-0.2, 0) is 5.41 Å². The summed E-state index contributed by atoms with van der Waals surface area (Å²) >= 11 is 0. The zero-order valence-corrected chi connectivity index (χ0v) is 35.5. The van der Waals surface area contributed by atoms with E-state index in [2.05, 4.69) is 266 Å². The van der Waals surface area contributed by atoms with E-state index in [0.29, 0.717) is 0 Å². The van der Waals surface area contributed by atoms with Crippen LogP contribution in [-0.4, -0.2) is 0 Å². The third-order valence-electron chi connectivity index (χ3n) is 12.9. The average molecular weight is 807 g/mol. The second-order valence-electron chi connectivity index (χ2n) is 17.0. The quantitative estimate of drug-likeness (QED) is 0.143. The van der Waals surface area contributed by atoms with Gasteiger partial charge in [-0.25, -0.2) is 0 Å². The fourth-order valence-electron chi connectivity index (χ4n) is 9.58. The summed E-state index contributed by atoms with van der Waals surface area (Å²) in [6.45, 7) is 4.73. The molecule has 0 atom stereocenters. The molecule has 0 saturated carbocycles. The van der Waals surface area contributed by atoms with Crippen molar-refractivity contribution >= 4 is 44.9 Å². The zero-order chi connectivity index (χ0) is 42.3. The molecule has 10 aromatic rings. The highest BCUT2D eigenvalue weighted by molar-refractivity contribution is 6.03. The molecule has 10 aromatic carbocycles. The first-order valence-corrected chi connectivity index (χ1v) is 21.8. The van der Waals surface area contributed by atoms with Crippen molar-refractivity contribution in [3.63, 3.8) is 0 Å². The third-order valence-corrected chi connectivity index (χ3v) is 12.9. The highest BCUT2D eigenvalue weighted by atomic mass is 15.1. The number of nitrogens with zero attached hydrogens (tertiary/aromatic N) is 2. The molecule has 1 aliphatic rings. The summed E-state index contributed by atoms with van der Waals surface area (Å²) in [6.07, 6.45) is 0. The second kappa shape index (κ2) is 15.8. The number of rotatable bonds is 9. The predicted molar refractivity (Wildman–Crippen MR) is 267 cm³/mol. The number of para-hydroxylation sites is 1. The van der Waals surface area contributed by atoms with Gasteiger partial charge in [-0.15, -0.1) is 0 Å². The van der Waals surface area contributed by atoms with Crippen LogP contribution in [0.3, 0.4) is 0 Å². The van der Waals surface area contributed by atoms with Crippen LogP contribution in [0.1, 0.15) is 25.0 Å². The lowest BCUT2D eigenvalue weighted by Gasteiger charge is -2.28. The normalized spacial score (nSPS) is 12.4. The van der Waals surface area contributed by atoms with Gasteiger partial charge in [0.05, 0.1) is 0 Å². The van der Waals surface area contributed by atoms with E-state index in [9.17, 15) is 0 Å². The van der Waals surface area contributed by atoms with Gasteiger partial charge in [-0.3, -0.25) is 0 Å². The smallest absolute Gasteiger partial charge is 0.0465 e. The van der Waals surface area contributed by atoms with Crippen LogP contribution in [0, 0.1) is 0 Å². The number of hydrogen-bond donors (Lipinski definition) is 0. The Balaban J connectivity index is 0.920. The maximum atomic E-state index is 2.42. The molecule has 0 amide bonds. The first kappa shape index (κ1) is 38.0. The summed E-state index contributed by atoms with van der Waals surface area (Å²) in [5, 5.41) is 2.60. The highest BCUT2D eigenvalue weighted by Crippen LogP contribution is 2.53. The molecule has 2 heteroatoms. The largest absolute Gasteiger partial charge is 0.311 e. The van der Waals surface area contributed by atoms with E-state index in [1.807, 2.05) is 0 Å². The van der Waals surface area contributed by atoms with Crippen LogP contribution in [0.2, 0.25) is 0 Å². The van der Waals surface area contributed by atoms with Crippen LogP contribution in [0.4, 0.5) is 34.1 Å². The molecule has 0 fully saturated rings. The Kier molecular flexibility index (Phi) is 9.55. The summed E-state index contributed by atoms with van der Waals surface area (Å²) in [5.41, 5.74) is 19.2. The van der Waals surface area contributed by atoms with Crippen molar-refractivity contribution in [2.75, 3.05) is 9.80 Å². The van der Waals surface area contributed by atoms with Gasteiger partial charge < -0.3 is 9.80 Å². The molecular formula is C61H46N2. The molecule has 11 rings (SSSR count). The molecule has 0 aliphatic heterocycles. The standard InChI is InChI=1S/C61H46N2/c1-61(2)58-41-30-49-18-12-13-21-56(49)60(58)57-40-39-55(42-59(57)61)63(50-19-10-5-11-20-50)54-37-28-48(29-38-54)47-26-35-53(36-27-47)62(51-31-22-45(23-32-51)43-14-6-3-7-15-43)52-33-24-46(25-34-52)44-16-8-4-9-17-44/h3-42H,1-2H3. The molecule has 300 valence electrons. The summed E-state index contributed by atoms with van der Waals surface area (Å²) in [5.74, 6) is 0. The van der Waals surface area contributed by atoms with E-state index >= 15 is 0 Å². The molecule has 0 N–H and O–H groups in total. The van der Waals surface area contributed by atoms with Gasteiger partial charge in [-0.2, -0.15) is 0 Å². The van der Waals surface area contributed by atoms with Gasteiger partial charge in [0, 0.05) is 39.5 Å². The van der Waals surface area contributed by atoms with Gasteiger partial charge in [0.25, 0.3) is 0 Å². The van der Waals surface area contributed by atoms with Gasteiger partial charge in [-0.05, 0) is 139 Å². The van der Waals surface area contributed by atoms with Crippen molar-refractivity contribution in [2.24, 2.45) is 0 Å². The molecule has 0 saturated heterocycles. The summed E-state index contributed by atoms with van der Waals surface area (Å²) in [4.78, 5) is 4.72. The molecule has 2 nitrogen and oxygen atoms in total. The second-order valence-corrected chi connectivity index (χ2v) is 17.0. The van der Waals surface area contributed by atoms with Crippen molar-refractivity contribution in [1.82, 2.24) is 0 Å². The van der Waals surface area contributed by atoms with Crippen LogP contribution in [0.25, 0.3) is 55.3 Å². The van der Waals surface area contributed by atoms with Crippen molar-refractivity contribution in [3.8, 4) is 44.5 Å². The summed E-state index contributed by atoms with van der Waals surface area (Å²) in [6, 6.07) is 88.0. The lowest BCUT2D eigenvalue weighted by atomic mass is 9.82. The fourth-order valence-corrected chi connectivity index (χ4v) is 9.58. The van der Waals surface area contributed by atoms with E-state index in [-0.39, 0.29) is 5.41 Å². The van der Waals surface area contributed by atoms with Gasteiger partial charge in [0.1, 0.15) is 0 Å². The monoisotopic (exact) mass is 806 g/mol. The van der Waals surface area contributed by atoms with Crippen molar-refractivity contribution < 1.29 is 0 Å². The number of benzene rings is 10. The van der Waals surface area contributed by atoms with Crippen molar-refractivity contribution in [3.05, 3.63) is 254 Å². The lowest BCUT2D eigenvalue weighted by Crippen LogP contribution is -2.16. The lowest BCUT2D eigenvalue weighted by molar-refractivity contribution is 0.661. The van der Waals surface area contributed by atoms with Crippen molar-refractivity contribution in [1.29, 1.82) is 0 Å². The summed E-state index contributed by atoms with van der Waals surface area (Å²) < 4.78 is 0. The molecule has 1 aliphatic carbocycles. The Morgan fingerprint density at radius 1 is 0.286 bits per heavy atom. The van der Waals surface area contributed by atoms with Gasteiger partial charge in [0.15, 0.2) is 0 Å². The molecule has 0 bridgehead atoms. The molecule has 0 radical (unpaired) electrons. The van der Waals surface area contributed by atoms with Crippen LogP contribution >= 0.6 is 0 Å². The zero-order valence-electron chi connectivity index (χ0n) is 35.5. The van der Waals surface area contributed by atoms with E-state index in [1.54, 1.807) is 0 Å². The SMILES string of the molecule is CC1(C)c2cc(N(c3ccccc3)c3ccc(-c4ccc(N(c5ccc(-c6ccccc6)cc5)c5ccc(-c6ccccc6)cc5)cc4)cc3)ccc2-c2c1ccc1ccccc21. The minimum absolute atomic E-state index is 0.129. The van der Waals surface area contributed by atoms with Gasteiger partial charge in [0.2, 0.25) is 0 Å². The minimum atomic E-state index is -0.129. The van der Waals surface area contributed by atoms with Crippen molar-refractivity contribution in [2.45, 2.75) is 19.3 Å². The molecule has 0 aromatic heterocycles. The highest BCUT2D eigenvalue weighted by Gasteiger charge is 2.37. The average Bonchev–Trinajstić information content (AvgIpc) is 3.59. The molecule has 0 heterocycles. The Bertz CT molecular complexity index is 3110. The third kappa shape index (κ3) is 6.96. The maximum Gasteiger partial charge on any atom is 0.0465 e. The van der Waals surface area contributed by atoms with Crippen LogP contribution < -0.4 is 9.80 Å². The Hall–Kier alpha value is -7.94. The first-order chi connectivity index (χ1) is 31.0. The number of anilines is 6. The topological polar surface area (TPSA) is 6.48 Å². The Morgan fingerprint density at radius 3 is 1.13 bits per heavy atom. The Morgan fingerprint density at radius 2 is 0.651 bits per heavy atom. The minimum Gasteiger partial charge on any atom is -0.311 e. The van der Waals surface area contributed by atoms with Gasteiger partial charge in [-0.1, -0.05) is 184 Å². The molecular weight excluding hydrogens is 761 g/mol. The maximum absolute atomic E-state index is 2.42. The predicted octanol–water partition coefficient (Wildman–Crippen LogP) is 17.1. The summed E-state index contributed by atoms with van der Waals surface area (Å²) in [7, 11) is 0. The van der Waals surface area contributed by atoms with Crippen LogP contribution in [0.5, 0.6) is 0 Å². The van der Waals surface area contributed by atoms with E-state index < -0.39 is 0 Å². The first-order valence-electron chi connectivity index (χ1n) is 21.8. The van der Waals surface area contributed by atoms with E-state index in [4.69, 9.17) is 0 Å². The molecule has 0 unspecified atom stereocenters. The van der Waals surface area contributed by atoms with Crippen LogP contribution in [0.15, 0.2) is 243 Å².